The van der Waals surface area contributed by atoms with Gasteiger partial charge in [-0.2, -0.15) is 0 Å². The van der Waals surface area contributed by atoms with Gasteiger partial charge in [-0.3, -0.25) is 9.59 Å². The van der Waals surface area contributed by atoms with E-state index in [4.69, 9.17) is 4.74 Å². The summed E-state index contributed by atoms with van der Waals surface area (Å²) in [4.78, 5) is 31.2. The Bertz CT molecular complexity index is 1420. The van der Waals surface area contributed by atoms with E-state index >= 15 is 0 Å². The third-order valence-electron chi connectivity index (χ3n) is 8.99. The summed E-state index contributed by atoms with van der Waals surface area (Å²) in [6, 6.07) is 20.6. The van der Waals surface area contributed by atoms with Gasteiger partial charge in [0.2, 0.25) is 5.91 Å². The number of benzene rings is 3. The van der Waals surface area contributed by atoms with Crippen molar-refractivity contribution in [3.8, 4) is 5.75 Å². The molecule has 0 aliphatic carbocycles. The average Bonchev–Trinajstić information content (AvgIpc) is 2.99. The summed E-state index contributed by atoms with van der Waals surface area (Å²) < 4.78 is 6.44. The molecule has 1 aliphatic heterocycles. The molecule has 2 amide bonds. The van der Waals surface area contributed by atoms with E-state index in [2.05, 4.69) is 89.0 Å². The van der Waals surface area contributed by atoms with Crippen molar-refractivity contribution in [1.29, 1.82) is 0 Å². The zero-order valence-corrected chi connectivity index (χ0v) is 27.3. The fraction of sp³-hybridized carbons (Fsp3) is 0.459. The van der Waals surface area contributed by atoms with Crippen molar-refractivity contribution >= 4 is 23.2 Å². The Balaban J connectivity index is 1.88. The molecule has 1 unspecified atom stereocenters. The second kappa shape index (κ2) is 13.3. The maximum atomic E-state index is 13.8. The van der Waals surface area contributed by atoms with Gasteiger partial charge in [-0.05, 0) is 86.7 Å². The largest absolute Gasteiger partial charge is 0.490 e. The molecule has 6 heteroatoms. The number of fused-ring (bicyclic) bond motifs is 1. The van der Waals surface area contributed by atoms with Gasteiger partial charge < -0.3 is 19.9 Å². The molecule has 1 aliphatic rings. The smallest absolute Gasteiger partial charge is 0.255 e. The summed E-state index contributed by atoms with van der Waals surface area (Å²) in [6.45, 7) is 19.7. The summed E-state index contributed by atoms with van der Waals surface area (Å²) >= 11 is 0. The molecule has 0 saturated carbocycles. The van der Waals surface area contributed by atoms with E-state index in [1.165, 1.54) is 5.56 Å². The molecule has 0 spiro atoms. The Morgan fingerprint density at radius 2 is 1.53 bits per heavy atom. The Hall–Kier alpha value is -3.64. The molecule has 4 rings (SSSR count). The molecular formula is C37H49N3O3. The molecule has 0 radical (unpaired) electrons. The number of nitrogens with one attached hydrogen (secondary N) is 1. The van der Waals surface area contributed by atoms with Crippen LogP contribution in [0.5, 0.6) is 5.75 Å². The van der Waals surface area contributed by atoms with Crippen LogP contribution in [-0.4, -0.2) is 48.5 Å². The van der Waals surface area contributed by atoms with Crippen molar-refractivity contribution in [2.24, 2.45) is 0 Å². The number of amides is 2. The molecule has 43 heavy (non-hydrogen) atoms. The predicted molar refractivity (Wildman–Crippen MR) is 178 cm³/mol. The number of aryl methyl sites for hydroxylation is 2. The predicted octanol–water partition coefficient (Wildman–Crippen LogP) is 7.63. The minimum absolute atomic E-state index is 0.0179. The second-order valence-electron chi connectivity index (χ2n) is 12.5. The van der Waals surface area contributed by atoms with Crippen molar-refractivity contribution in [3.63, 3.8) is 0 Å². The number of hydrogen-bond donors (Lipinski definition) is 1. The fourth-order valence-corrected chi connectivity index (χ4v) is 6.76. The molecule has 3 aromatic carbocycles. The number of nitrogens with zero attached hydrogens (tertiary/aromatic N) is 2. The summed E-state index contributed by atoms with van der Waals surface area (Å²) in [7, 11) is 0. The lowest BCUT2D eigenvalue weighted by Gasteiger charge is -2.51. The van der Waals surface area contributed by atoms with Gasteiger partial charge >= 0.3 is 0 Å². The van der Waals surface area contributed by atoms with Gasteiger partial charge in [0.25, 0.3) is 5.91 Å². The summed E-state index contributed by atoms with van der Waals surface area (Å²) in [5.41, 5.74) is 5.69. The maximum Gasteiger partial charge on any atom is 0.255 e. The number of anilines is 2. The van der Waals surface area contributed by atoms with Crippen LogP contribution in [-0.2, 0) is 23.1 Å². The van der Waals surface area contributed by atoms with Gasteiger partial charge in [-0.1, -0.05) is 71.0 Å². The highest BCUT2D eigenvalue weighted by Gasteiger charge is 2.47. The Morgan fingerprint density at radius 3 is 2.09 bits per heavy atom. The summed E-state index contributed by atoms with van der Waals surface area (Å²) in [5, 5.41) is 3.22. The van der Waals surface area contributed by atoms with Crippen LogP contribution in [0.4, 0.5) is 11.4 Å². The topological polar surface area (TPSA) is 61.9 Å². The third-order valence-corrected chi connectivity index (χ3v) is 8.99. The van der Waals surface area contributed by atoms with Gasteiger partial charge in [0.1, 0.15) is 12.4 Å². The van der Waals surface area contributed by atoms with Crippen LogP contribution in [0.25, 0.3) is 0 Å². The molecule has 0 fully saturated rings. The minimum Gasteiger partial charge on any atom is -0.490 e. The zero-order valence-electron chi connectivity index (χ0n) is 27.3. The minimum atomic E-state index is -0.441. The van der Waals surface area contributed by atoms with E-state index in [1.54, 1.807) is 6.92 Å². The number of carbonyl (C=O) groups excluding carboxylic acids is 2. The van der Waals surface area contributed by atoms with Crippen LogP contribution in [0.2, 0.25) is 0 Å². The first-order valence-corrected chi connectivity index (χ1v) is 15.8. The van der Waals surface area contributed by atoms with E-state index in [1.807, 2.05) is 35.2 Å². The van der Waals surface area contributed by atoms with E-state index in [-0.39, 0.29) is 11.8 Å². The highest BCUT2D eigenvalue weighted by molar-refractivity contribution is 6.06. The lowest BCUT2D eigenvalue weighted by atomic mass is 9.65. The van der Waals surface area contributed by atoms with Crippen LogP contribution in [0.3, 0.4) is 0 Å². The number of ether oxygens (including phenoxy) is 1. The third kappa shape index (κ3) is 6.80. The number of likely N-dealkylation sites (N-methyl/N-ethyl adjacent to an activating group) is 1. The van der Waals surface area contributed by atoms with Crippen LogP contribution < -0.4 is 15.0 Å². The van der Waals surface area contributed by atoms with Gasteiger partial charge in [0.05, 0.1) is 11.4 Å². The van der Waals surface area contributed by atoms with Crippen molar-refractivity contribution in [1.82, 2.24) is 4.90 Å². The van der Waals surface area contributed by atoms with Crippen LogP contribution in [0, 0.1) is 0 Å². The molecule has 1 N–H and O–H groups in total. The van der Waals surface area contributed by atoms with Gasteiger partial charge in [-0.15, -0.1) is 0 Å². The standard InChI is InChI=1S/C37H49N3O3/c1-9-27-20-28(10-2)22-29(21-27)35(42)38-32-23-31-33(24-34(32)43-19-18-39(11-3)12-4)40(26(5)41)36(6,7)25-37(31,8)30-16-14-13-15-17-30/h13-17,20-24H,9-12,18-19,25H2,1-8H3,(H,38,42). The fourth-order valence-electron chi connectivity index (χ4n) is 6.76. The molecular weight excluding hydrogens is 534 g/mol. The van der Waals surface area contributed by atoms with Gasteiger partial charge in [0.15, 0.2) is 0 Å². The quantitative estimate of drug-likeness (QED) is 0.252. The monoisotopic (exact) mass is 583 g/mol. The molecule has 3 aromatic rings. The van der Waals surface area contributed by atoms with E-state index < -0.39 is 11.0 Å². The molecule has 1 atom stereocenters. The first-order chi connectivity index (χ1) is 20.5. The highest BCUT2D eigenvalue weighted by atomic mass is 16.5. The molecule has 0 saturated heterocycles. The van der Waals surface area contributed by atoms with E-state index in [9.17, 15) is 9.59 Å². The normalized spacial score (nSPS) is 17.5. The molecule has 0 aromatic heterocycles. The summed E-state index contributed by atoms with van der Waals surface area (Å²) in [6.07, 6.45) is 2.45. The van der Waals surface area contributed by atoms with Crippen molar-refractivity contribution < 1.29 is 14.3 Å². The Kier molecular flexibility index (Phi) is 10.0. The highest BCUT2D eigenvalue weighted by Crippen LogP contribution is 2.53. The molecule has 0 bridgehead atoms. The lowest BCUT2D eigenvalue weighted by molar-refractivity contribution is -0.117. The van der Waals surface area contributed by atoms with Crippen LogP contribution in [0.15, 0.2) is 60.7 Å². The van der Waals surface area contributed by atoms with Crippen molar-refractivity contribution in [2.75, 3.05) is 36.5 Å². The average molecular weight is 584 g/mol. The second-order valence-corrected chi connectivity index (χ2v) is 12.5. The number of carbonyl (C=O) groups is 2. The van der Waals surface area contributed by atoms with Crippen LogP contribution >= 0.6 is 0 Å². The van der Waals surface area contributed by atoms with Crippen LogP contribution in [0.1, 0.15) is 94.4 Å². The van der Waals surface area contributed by atoms with Gasteiger partial charge in [-0.25, -0.2) is 0 Å². The molecule has 230 valence electrons. The van der Waals surface area contributed by atoms with Crippen molar-refractivity contribution in [3.05, 3.63) is 88.5 Å². The number of rotatable bonds is 11. The maximum absolute atomic E-state index is 13.8. The van der Waals surface area contributed by atoms with E-state index in [0.717, 1.165) is 61.3 Å². The van der Waals surface area contributed by atoms with Gasteiger partial charge in [0, 0.05) is 36.1 Å². The van der Waals surface area contributed by atoms with E-state index in [0.29, 0.717) is 23.6 Å². The first-order valence-electron chi connectivity index (χ1n) is 15.8. The lowest BCUT2D eigenvalue weighted by Crippen LogP contribution is -2.55. The Labute approximate surface area is 258 Å². The summed E-state index contributed by atoms with van der Waals surface area (Å²) in [5.74, 6) is 0.385. The first kappa shape index (κ1) is 32.3. The molecule has 1 heterocycles. The molecule has 6 nitrogen and oxygen atoms in total. The van der Waals surface area contributed by atoms with Crippen molar-refractivity contribution in [2.45, 2.75) is 85.6 Å². The zero-order chi connectivity index (χ0) is 31.4. The SMILES string of the molecule is CCc1cc(CC)cc(C(=O)Nc2cc3c(cc2OCCN(CC)CC)N(C(C)=O)C(C)(C)CC3(C)c2ccccc2)c1. The Morgan fingerprint density at radius 1 is 0.907 bits per heavy atom. The number of hydrogen-bond acceptors (Lipinski definition) is 4.